The van der Waals surface area contributed by atoms with E-state index in [-0.39, 0.29) is 35.1 Å². The maximum absolute atomic E-state index is 12.4. The van der Waals surface area contributed by atoms with Crippen LogP contribution in [0.4, 0.5) is 0 Å². The molecule has 0 aliphatic carbocycles. The van der Waals surface area contributed by atoms with Crippen molar-refractivity contribution in [1.29, 1.82) is 0 Å². The molecule has 0 aromatic heterocycles. The molecule has 15 heteroatoms. The number of aliphatic imine (C=N–C) groups is 1. The average molecular weight is 449 g/mol. The van der Waals surface area contributed by atoms with E-state index in [1.807, 2.05) is 34.5 Å². The number of dihydropyridines is 1. The van der Waals surface area contributed by atoms with Gasteiger partial charge < -0.3 is 0 Å². The Morgan fingerprint density at radius 1 is 1.39 bits per heavy atom. The van der Waals surface area contributed by atoms with Crippen LogP contribution in [0, 0.1) is 5.92 Å². The van der Waals surface area contributed by atoms with Crippen LogP contribution in [0.1, 0.15) is 27.2 Å². The SMILES string of the molecule is B#S(=BB=BB=BB)OC[C@H]1O[C@@H](C2C=CC(N)=NC2=O)C[C@H]1O[Si](C)(C)C(C)(C)C. The monoisotopic (exact) mass is 450 g/mol. The Bertz CT molecular complexity index is 930. The molecule has 0 bridgehead atoms. The molecular weight excluding hydrogens is 420 g/mol. The molecule has 1 fully saturated rings. The van der Waals surface area contributed by atoms with E-state index in [1.165, 1.54) is 0 Å². The fraction of sp³-hybridized carbons (Fsp3) is 0.750. The number of hydrogen-bond acceptors (Lipinski definition) is 5. The van der Waals surface area contributed by atoms with E-state index in [2.05, 4.69) is 38.9 Å². The number of amidine groups is 1. The maximum atomic E-state index is 12.4. The molecule has 4 atom stereocenters. The van der Waals surface area contributed by atoms with Crippen molar-refractivity contribution in [3.63, 3.8) is 0 Å². The van der Waals surface area contributed by atoms with Crippen molar-refractivity contribution in [2.75, 3.05) is 6.61 Å². The minimum absolute atomic E-state index is 0.0549. The first kappa shape index (κ1) is 26.9. The second-order valence-electron chi connectivity index (χ2n) is 9.28. The predicted molar refractivity (Wildman–Crippen MR) is 141 cm³/mol. The summed E-state index contributed by atoms with van der Waals surface area (Å²) in [6.45, 7) is 25.0. The summed E-state index contributed by atoms with van der Waals surface area (Å²) in [5.74, 6) is -0.519. The second kappa shape index (κ2) is 11.7. The number of nitrogens with two attached hydrogens (primary N) is 1. The third-order valence-corrected chi connectivity index (χ3v) is 11.2. The van der Waals surface area contributed by atoms with Gasteiger partial charge in [0, 0.05) is 0 Å². The van der Waals surface area contributed by atoms with Crippen LogP contribution >= 0.6 is 9.84 Å². The average Bonchev–Trinajstić information content (AvgIpc) is 3.04. The molecule has 2 aliphatic heterocycles. The van der Waals surface area contributed by atoms with Crippen LogP contribution in [-0.4, -0.2) is 92.1 Å². The van der Waals surface area contributed by atoms with Crippen molar-refractivity contribution in [3.8, 4) is 0 Å². The molecule has 1 amide bonds. The van der Waals surface area contributed by atoms with E-state index >= 15 is 0 Å². The normalized spacial score (nSPS) is 26.9. The number of carbonyl (C=O) groups is 1. The van der Waals surface area contributed by atoms with E-state index in [9.17, 15) is 4.79 Å². The molecule has 0 saturated carbocycles. The number of nitrogens with zero attached hydrogens (tertiary/aromatic N) is 1. The van der Waals surface area contributed by atoms with Crippen molar-refractivity contribution < 1.29 is 18.1 Å². The summed E-state index contributed by atoms with van der Waals surface area (Å²) in [4.78, 5) is 16.3. The first-order valence-electron chi connectivity index (χ1n) is 10.6. The van der Waals surface area contributed by atoms with Gasteiger partial charge in [-0.3, -0.25) is 0 Å². The summed E-state index contributed by atoms with van der Waals surface area (Å²) in [5, 5.41) is 0.0549. The van der Waals surface area contributed by atoms with Gasteiger partial charge in [0.15, 0.2) is 0 Å². The van der Waals surface area contributed by atoms with Gasteiger partial charge in [-0.25, -0.2) is 0 Å². The number of carbonyl (C=O) groups excluding carboxylic acids is 1. The molecular formula is C16H29B7N2O4SSi. The van der Waals surface area contributed by atoms with Crippen molar-refractivity contribution in [3.05, 3.63) is 12.2 Å². The van der Waals surface area contributed by atoms with E-state index in [1.54, 1.807) is 18.2 Å². The molecule has 1 unspecified atom stereocenters. The molecule has 0 aromatic carbocycles. The van der Waals surface area contributed by atoms with Crippen LogP contribution in [0.15, 0.2) is 17.1 Å². The topological polar surface area (TPSA) is 83.1 Å². The molecule has 6 nitrogen and oxygen atoms in total. The number of rotatable bonds is 7. The van der Waals surface area contributed by atoms with Gasteiger partial charge in [0.1, 0.15) is 0 Å². The number of ether oxygens (including phenoxy) is 1. The van der Waals surface area contributed by atoms with Gasteiger partial charge >= 0.3 is 194 Å². The molecule has 1 saturated heterocycles. The quantitative estimate of drug-likeness (QED) is 0.532. The molecule has 0 radical (unpaired) electrons. The fourth-order valence-electron chi connectivity index (χ4n) is 3.10. The first-order valence-corrected chi connectivity index (χ1v) is 14.8. The van der Waals surface area contributed by atoms with E-state index < -0.39 is 24.1 Å². The van der Waals surface area contributed by atoms with Gasteiger partial charge in [0.25, 0.3) is 0 Å². The zero-order valence-electron chi connectivity index (χ0n) is 19.4. The van der Waals surface area contributed by atoms with Crippen LogP contribution in [0.25, 0.3) is 0 Å². The third-order valence-electron chi connectivity index (χ3n) is 5.88. The molecule has 2 rings (SSSR count). The third kappa shape index (κ3) is 7.88. The zero-order chi connectivity index (χ0) is 23.2. The summed E-state index contributed by atoms with van der Waals surface area (Å²) < 4.78 is 18.8. The van der Waals surface area contributed by atoms with E-state index in [0.717, 1.165) is 0 Å². The Hall–Kier alpha value is -0.349. The summed E-state index contributed by atoms with van der Waals surface area (Å²) >= 11 is 0. The van der Waals surface area contributed by atoms with Crippen LogP contribution < -0.4 is 5.73 Å². The van der Waals surface area contributed by atoms with E-state index in [0.29, 0.717) is 13.0 Å². The van der Waals surface area contributed by atoms with Crippen molar-refractivity contribution in [2.45, 2.75) is 63.6 Å². The molecule has 2 N–H and O–H groups in total. The predicted octanol–water partition coefficient (Wildman–Crippen LogP) is -0.468. The minimum atomic E-state index is -2.05. The van der Waals surface area contributed by atoms with Crippen molar-refractivity contribution in [2.24, 2.45) is 16.6 Å². The Labute approximate surface area is 193 Å². The summed E-state index contributed by atoms with van der Waals surface area (Å²) in [5.41, 5.74) is 5.65. The van der Waals surface area contributed by atoms with Gasteiger partial charge in [-0.2, -0.15) is 0 Å². The molecule has 0 aromatic rings. The molecule has 31 heavy (non-hydrogen) atoms. The fourth-order valence-corrected chi connectivity index (χ4v) is 5.07. The van der Waals surface area contributed by atoms with Gasteiger partial charge in [0.2, 0.25) is 0 Å². The summed E-state index contributed by atoms with van der Waals surface area (Å²) in [6.07, 6.45) is 3.21. The summed E-state index contributed by atoms with van der Waals surface area (Å²) in [7, 11) is -0.939. The number of hydrogen-bond donors (Lipinski definition) is 1. The Kier molecular flexibility index (Phi) is 10.1. The molecule has 0 spiro atoms. The van der Waals surface area contributed by atoms with Crippen LogP contribution in [0.5, 0.6) is 0 Å². The molecule has 158 valence electrons. The van der Waals surface area contributed by atoms with Gasteiger partial charge in [0.05, 0.1) is 0 Å². The van der Waals surface area contributed by atoms with Crippen LogP contribution in [0.2, 0.25) is 18.1 Å². The van der Waals surface area contributed by atoms with E-state index in [4.69, 9.17) is 25.6 Å². The summed E-state index contributed by atoms with van der Waals surface area (Å²) in [6, 6.07) is 1.81. The van der Waals surface area contributed by atoms with Gasteiger partial charge in [-0.1, -0.05) is 0 Å². The molecule has 2 aliphatic rings. The Balaban J connectivity index is 2.14. The van der Waals surface area contributed by atoms with Crippen LogP contribution in [0.3, 0.4) is 0 Å². The van der Waals surface area contributed by atoms with Crippen molar-refractivity contribution >= 4 is 77.0 Å². The molecule has 2 heterocycles. The van der Waals surface area contributed by atoms with Crippen LogP contribution in [-0.2, 0) is 18.1 Å². The first-order chi connectivity index (χ1) is 14.4. The van der Waals surface area contributed by atoms with Gasteiger partial charge in [-0.05, 0) is 0 Å². The Morgan fingerprint density at radius 2 is 2.10 bits per heavy atom. The van der Waals surface area contributed by atoms with Gasteiger partial charge in [-0.15, -0.1) is 0 Å². The zero-order valence-corrected chi connectivity index (χ0v) is 21.2. The second-order valence-corrected chi connectivity index (χ2v) is 15.2. The number of amides is 1. The standard InChI is InChI=1S/C16H29B7N2O4SSi/c1-16(2,3)31(4,5)29-12-8-11(10-6-7-14(24)25-15(10)26)28-13(12)9-27-30(18)23-22-21-20-19-17/h6-7,10-13H,8-9,17H2,1-5H3,(H2,24,25,26)/t10?,11-,12-,13-/m1/s1. The van der Waals surface area contributed by atoms with Crippen molar-refractivity contribution in [1.82, 2.24) is 0 Å². The Morgan fingerprint density at radius 3 is 2.71 bits per heavy atom.